The highest BCUT2D eigenvalue weighted by Crippen LogP contribution is 2.19. The van der Waals surface area contributed by atoms with E-state index in [0.717, 1.165) is 5.56 Å². The number of hydrogen-bond donors (Lipinski definition) is 2. The number of aromatic nitrogens is 1. The Hall–Kier alpha value is -2.89. The van der Waals surface area contributed by atoms with E-state index in [1.54, 1.807) is 12.3 Å². The van der Waals surface area contributed by atoms with Crippen LogP contribution in [0.4, 0.5) is 0 Å². The third-order valence-corrected chi connectivity index (χ3v) is 3.54. The quantitative estimate of drug-likeness (QED) is 0.882. The summed E-state index contributed by atoms with van der Waals surface area (Å²) in [4.78, 5) is 27.3. The van der Waals surface area contributed by atoms with Crippen LogP contribution in [0.15, 0.2) is 48.7 Å². The predicted molar refractivity (Wildman–Crippen MR) is 83.8 cm³/mol. The molecule has 2 aromatic rings. The van der Waals surface area contributed by atoms with Crippen LogP contribution in [0.25, 0.3) is 0 Å². The van der Waals surface area contributed by atoms with E-state index in [1.165, 1.54) is 0 Å². The normalized spacial score (nSPS) is 16.7. The molecule has 0 radical (unpaired) electrons. The van der Waals surface area contributed by atoms with E-state index in [9.17, 15) is 9.59 Å². The Balaban J connectivity index is 1.57. The van der Waals surface area contributed by atoms with E-state index in [4.69, 9.17) is 4.74 Å². The number of amides is 2. The van der Waals surface area contributed by atoms with E-state index >= 15 is 0 Å². The average Bonchev–Trinajstić information content (AvgIpc) is 3.01. The van der Waals surface area contributed by atoms with Crippen molar-refractivity contribution in [3.05, 3.63) is 54.2 Å². The number of hydrogen-bond acceptors (Lipinski definition) is 4. The summed E-state index contributed by atoms with van der Waals surface area (Å²) in [6.07, 6.45) is 2.59. The van der Waals surface area contributed by atoms with E-state index in [0.29, 0.717) is 31.0 Å². The number of nitrogens with one attached hydrogen (secondary N) is 2. The standard InChI is InChI=1S/C17H17N3O3/c21-15-7-6-14(20-15)17(22)19-11-12-8-9-18-16(10-12)23-13-4-2-1-3-5-13/h1-5,8-10,14H,6-7,11H2,(H,19,22)(H,20,21). The molecule has 2 heterocycles. The third kappa shape index (κ3) is 4.06. The van der Waals surface area contributed by atoms with Gasteiger partial charge in [0.1, 0.15) is 11.8 Å². The van der Waals surface area contributed by atoms with Crippen molar-refractivity contribution in [2.45, 2.75) is 25.4 Å². The molecule has 6 nitrogen and oxygen atoms in total. The smallest absolute Gasteiger partial charge is 0.242 e. The fourth-order valence-corrected chi connectivity index (χ4v) is 2.35. The molecular formula is C17H17N3O3. The molecule has 2 N–H and O–H groups in total. The number of rotatable bonds is 5. The van der Waals surface area contributed by atoms with Gasteiger partial charge in [-0.05, 0) is 30.2 Å². The zero-order valence-corrected chi connectivity index (χ0v) is 12.5. The summed E-state index contributed by atoms with van der Waals surface area (Å²) in [5.74, 6) is 0.928. The summed E-state index contributed by atoms with van der Waals surface area (Å²) in [7, 11) is 0. The topological polar surface area (TPSA) is 80.3 Å². The van der Waals surface area contributed by atoms with E-state index < -0.39 is 6.04 Å². The Kier molecular flexibility index (Phi) is 4.52. The SMILES string of the molecule is O=C1CCC(C(=O)NCc2ccnc(Oc3ccccc3)c2)N1. The average molecular weight is 311 g/mol. The van der Waals surface area contributed by atoms with Crippen LogP contribution in [0.3, 0.4) is 0 Å². The van der Waals surface area contributed by atoms with Gasteiger partial charge in [-0.2, -0.15) is 0 Å². The second kappa shape index (κ2) is 6.91. The van der Waals surface area contributed by atoms with Gasteiger partial charge < -0.3 is 15.4 Å². The first-order chi connectivity index (χ1) is 11.2. The fourth-order valence-electron chi connectivity index (χ4n) is 2.35. The van der Waals surface area contributed by atoms with Gasteiger partial charge in [0, 0.05) is 25.2 Å². The Bertz CT molecular complexity index is 703. The maximum absolute atomic E-state index is 12.0. The van der Waals surface area contributed by atoms with E-state index in [-0.39, 0.29) is 11.8 Å². The van der Waals surface area contributed by atoms with Crippen LogP contribution in [0.5, 0.6) is 11.6 Å². The third-order valence-electron chi connectivity index (χ3n) is 3.54. The van der Waals surface area contributed by atoms with Crippen molar-refractivity contribution in [2.75, 3.05) is 0 Å². The number of carbonyl (C=O) groups excluding carboxylic acids is 2. The highest BCUT2D eigenvalue weighted by molar-refractivity contribution is 5.90. The molecule has 3 rings (SSSR count). The van der Waals surface area contributed by atoms with Crippen molar-refractivity contribution in [1.29, 1.82) is 0 Å². The van der Waals surface area contributed by atoms with Gasteiger partial charge in [0.05, 0.1) is 0 Å². The Labute approximate surface area is 133 Å². The maximum Gasteiger partial charge on any atom is 0.242 e. The summed E-state index contributed by atoms with van der Waals surface area (Å²) in [6, 6.07) is 12.5. The minimum absolute atomic E-state index is 0.0763. The lowest BCUT2D eigenvalue weighted by Gasteiger charge is -2.11. The van der Waals surface area contributed by atoms with Crippen LogP contribution in [0, 0.1) is 0 Å². The zero-order chi connectivity index (χ0) is 16.1. The molecule has 6 heteroatoms. The number of para-hydroxylation sites is 1. The molecule has 23 heavy (non-hydrogen) atoms. The van der Waals surface area contributed by atoms with Crippen molar-refractivity contribution >= 4 is 11.8 Å². The maximum atomic E-state index is 12.0. The van der Waals surface area contributed by atoms with Crippen molar-refractivity contribution in [2.24, 2.45) is 0 Å². The van der Waals surface area contributed by atoms with E-state index in [1.807, 2.05) is 36.4 Å². The summed E-state index contributed by atoms with van der Waals surface area (Å²) in [5, 5.41) is 5.46. The molecule has 1 unspecified atom stereocenters. The molecule has 0 spiro atoms. The second-order valence-electron chi connectivity index (χ2n) is 5.29. The van der Waals surface area contributed by atoms with Crippen LogP contribution in [-0.4, -0.2) is 22.8 Å². The molecule has 1 aromatic heterocycles. The summed E-state index contributed by atoms with van der Waals surface area (Å²) in [6.45, 7) is 0.360. The molecule has 118 valence electrons. The Morgan fingerprint density at radius 1 is 1.30 bits per heavy atom. The summed E-state index contributed by atoms with van der Waals surface area (Å²) >= 11 is 0. The van der Waals surface area contributed by atoms with Gasteiger partial charge in [0.2, 0.25) is 17.7 Å². The largest absolute Gasteiger partial charge is 0.439 e. The van der Waals surface area contributed by atoms with Crippen LogP contribution < -0.4 is 15.4 Å². The number of carbonyl (C=O) groups is 2. The molecule has 1 fully saturated rings. The van der Waals surface area contributed by atoms with Crippen LogP contribution >= 0.6 is 0 Å². The molecule has 0 bridgehead atoms. The van der Waals surface area contributed by atoms with Crippen LogP contribution in [0.1, 0.15) is 18.4 Å². The number of benzene rings is 1. The second-order valence-corrected chi connectivity index (χ2v) is 5.29. The van der Waals surface area contributed by atoms with Crippen LogP contribution in [-0.2, 0) is 16.1 Å². The minimum atomic E-state index is -0.427. The first-order valence-electron chi connectivity index (χ1n) is 7.45. The highest BCUT2D eigenvalue weighted by Gasteiger charge is 2.26. The van der Waals surface area contributed by atoms with Gasteiger partial charge in [0.25, 0.3) is 0 Å². The van der Waals surface area contributed by atoms with E-state index in [2.05, 4.69) is 15.6 Å². The van der Waals surface area contributed by atoms with Crippen molar-refractivity contribution in [1.82, 2.24) is 15.6 Å². The molecule has 2 amide bonds. The monoisotopic (exact) mass is 311 g/mol. The molecule has 1 aliphatic heterocycles. The van der Waals surface area contributed by atoms with Crippen molar-refractivity contribution in [3.63, 3.8) is 0 Å². The summed E-state index contributed by atoms with van der Waals surface area (Å²) < 4.78 is 5.66. The predicted octanol–water partition coefficient (Wildman–Crippen LogP) is 1.77. The van der Waals surface area contributed by atoms with Crippen molar-refractivity contribution < 1.29 is 14.3 Å². The number of pyridine rings is 1. The van der Waals surface area contributed by atoms with Gasteiger partial charge >= 0.3 is 0 Å². The van der Waals surface area contributed by atoms with Crippen LogP contribution in [0.2, 0.25) is 0 Å². The lowest BCUT2D eigenvalue weighted by molar-refractivity contribution is -0.125. The Morgan fingerprint density at radius 2 is 2.13 bits per heavy atom. The van der Waals surface area contributed by atoms with Crippen molar-refractivity contribution in [3.8, 4) is 11.6 Å². The molecule has 1 aliphatic rings. The first-order valence-corrected chi connectivity index (χ1v) is 7.45. The van der Waals surface area contributed by atoms with Gasteiger partial charge in [-0.3, -0.25) is 9.59 Å². The molecule has 0 saturated carbocycles. The molecule has 0 aliphatic carbocycles. The zero-order valence-electron chi connectivity index (χ0n) is 12.5. The fraction of sp³-hybridized carbons (Fsp3) is 0.235. The highest BCUT2D eigenvalue weighted by atomic mass is 16.5. The minimum Gasteiger partial charge on any atom is -0.439 e. The van der Waals surface area contributed by atoms with Gasteiger partial charge in [-0.1, -0.05) is 18.2 Å². The molecule has 1 atom stereocenters. The first kappa shape index (κ1) is 15.0. The lowest BCUT2D eigenvalue weighted by atomic mass is 10.2. The Morgan fingerprint density at radius 3 is 2.87 bits per heavy atom. The lowest BCUT2D eigenvalue weighted by Crippen LogP contribution is -2.41. The van der Waals surface area contributed by atoms with Gasteiger partial charge in [0.15, 0.2) is 0 Å². The molecule has 1 saturated heterocycles. The number of ether oxygens (including phenoxy) is 1. The molecular weight excluding hydrogens is 294 g/mol. The number of nitrogens with zero attached hydrogens (tertiary/aromatic N) is 1. The van der Waals surface area contributed by atoms with Gasteiger partial charge in [-0.25, -0.2) is 4.98 Å². The molecule has 1 aromatic carbocycles. The summed E-state index contributed by atoms with van der Waals surface area (Å²) in [5.41, 5.74) is 0.878. The van der Waals surface area contributed by atoms with Gasteiger partial charge in [-0.15, -0.1) is 0 Å².